The molecule has 0 atom stereocenters. The molecule has 0 aliphatic rings. The van der Waals surface area contributed by atoms with Gasteiger partial charge in [0.05, 0.1) is 19.3 Å². The highest BCUT2D eigenvalue weighted by molar-refractivity contribution is 7.99. The number of hydrogen-bond donors (Lipinski definition) is 0. The number of rotatable bonds is 8. The molecular weight excluding hydrogens is 370 g/mol. The summed E-state index contributed by atoms with van der Waals surface area (Å²) in [6.07, 6.45) is 0. The quantitative estimate of drug-likeness (QED) is 0.409. The normalized spacial score (nSPS) is 10.7. The molecule has 1 aromatic heterocycles. The fourth-order valence-electron chi connectivity index (χ4n) is 2.56. The Kier molecular flexibility index (Phi) is 6.41. The van der Waals surface area contributed by atoms with E-state index in [1.807, 2.05) is 42.5 Å². The van der Waals surface area contributed by atoms with Gasteiger partial charge in [-0.2, -0.15) is 0 Å². The van der Waals surface area contributed by atoms with Crippen LogP contribution in [-0.2, 0) is 6.54 Å². The van der Waals surface area contributed by atoms with E-state index >= 15 is 0 Å². The molecule has 0 amide bonds. The lowest BCUT2D eigenvalue weighted by Gasteiger charge is -2.10. The Balaban J connectivity index is 1.67. The zero-order valence-electron chi connectivity index (χ0n) is 14.7. The molecule has 3 rings (SSSR count). The van der Waals surface area contributed by atoms with Crippen LogP contribution in [0.25, 0.3) is 11.4 Å². The molecule has 5 nitrogen and oxygen atoms in total. The molecule has 2 aromatic carbocycles. The van der Waals surface area contributed by atoms with Crippen LogP contribution in [0.15, 0.2) is 53.7 Å². The highest BCUT2D eigenvalue weighted by Gasteiger charge is 2.16. The van der Waals surface area contributed by atoms with Crippen molar-refractivity contribution < 1.29 is 9.47 Å². The van der Waals surface area contributed by atoms with Crippen molar-refractivity contribution in [1.29, 1.82) is 0 Å². The van der Waals surface area contributed by atoms with Crippen molar-refractivity contribution in [2.45, 2.75) is 18.6 Å². The number of benzene rings is 2. The number of thioether (sulfide) groups is 1. The largest absolute Gasteiger partial charge is 0.496 e. The topological polar surface area (TPSA) is 49.2 Å². The van der Waals surface area contributed by atoms with Crippen LogP contribution >= 0.6 is 23.4 Å². The Hall–Kier alpha value is -2.18. The predicted molar refractivity (Wildman–Crippen MR) is 105 cm³/mol. The first kappa shape index (κ1) is 18.6. The Morgan fingerprint density at radius 1 is 1.12 bits per heavy atom. The van der Waals surface area contributed by atoms with Crippen LogP contribution in [0.1, 0.15) is 6.92 Å². The molecule has 0 N–H and O–H groups in total. The molecule has 0 spiro atoms. The number of hydrogen-bond acceptors (Lipinski definition) is 5. The van der Waals surface area contributed by atoms with Gasteiger partial charge in [-0.15, -0.1) is 10.2 Å². The van der Waals surface area contributed by atoms with Gasteiger partial charge in [0.1, 0.15) is 11.5 Å². The first-order valence-electron chi connectivity index (χ1n) is 8.30. The monoisotopic (exact) mass is 389 g/mol. The minimum atomic E-state index is 0.561. The first-order chi connectivity index (χ1) is 12.7. The molecule has 0 bridgehead atoms. The summed E-state index contributed by atoms with van der Waals surface area (Å²) in [7, 11) is 1.66. The summed E-state index contributed by atoms with van der Waals surface area (Å²) < 4.78 is 13.3. The minimum absolute atomic E-state index is 0.561. The first-order valence-corrected chi connectivity index (χ1v) is 9.67. The molecular formula is C19H20ClN3O2S. The van der Waals surface area contributed by atoms with E-state index in [-0.39, 0.29) is 0 Å². The van der Waals surface area contributed by atoms with Crippen LogP contribution in [0.2, 0.25) is 5.02 Å². The van der Waals surface area contributed by atoms with Crippen molar-refractivity contribution >= 4 is 23.4 Å². The summed E-state index contributed by atoms with van der Waals surface area (Å²) in [6.45, 7) is 3.41. The molecule has 0 aliphatic heterocycles. The van der Waals surface area contributed by atoms with Crippen molar-refractivity contribution in [3.63, 3.8) is 0 Å². The van der Waals surface area contributed by atoms with Crippen molar-refractivity contribution in [2.24, 2.45) is 0 Å². The summed E-state index contributed by atoms with van der Waals surface area (Å²) in [5.41, 5.74) is 0.936. The third-order valence-corrected chi connectivity index (χ3v) is 4.93. The van der Waals surface area contributed by atoms with Crippen LogP contribution in [-0.4, -0.2) is 34.2 Å². The highest BCUT2D eigenvalue weighted by Crippen LogP contribution is 2.30. The molecule has 0 fully saturated rings. The second-order valence-corrected chi connectivity index (χ2v) is 6.90. The highest BCUT2D eigenvalue weighted by atomic mass is 35.5. The van der Waals surface area contributed by atoms with Crippen LogP contribution in [0, 0.1) is 0 Å². The van der Waals surface area contributed by atoms with Crippen LogP contribution in [0.3, 0.4) is 0 Å². The second-order valence-electron chi connectivity index (χ2n) is 5.41. The molecule has 1 heterocycles. The molecule has 0 radical (unpaired) electrons. The molecule has 0 aliphatic carbocycles. The van der Waals surface area contributed by atoms with Gasteiger partial charge < -0.3 is 14.0 Å². The van der Waals surface area contributed by atoms with Gasteiger partial charge in [-0.25, -0.2) is 0 Å². The second kappa shape index (κ2) is 8.96. The number of para-hydroxylation sites is 1. The summed E-state index contributed by atoms with van der Waals surface area (Å²) in [6, 6.07) is 15.2. The Morgan fingerprint density at radius 3 is 2.73 bits per heavy atom. The number of methoxy groups -OCH3 is 1. The van der Waals surface area contributed by atoms with E-state index in [1.54, 1.807) is 24.9 Å². The Bertz CT molecular complexity index is 869. The molecule has 0 saturated heterocycles. The number of aromatic nitrogens is 3. The summed E-state index contributed by atoms with van der Waals surface area (Å²) in [5.74, 6) is 3.12. The lowest BCUT2D eigenvalue weighted by Crippen LogP contribution is -2.04. The van der Waals surface area contributed by atoms with Crippen molar-refractivity contribution in [2.75, 3.05) is 19.5 Å². The Morgan fingerprint density at radius 2 is 1.96 bits per heavy atom. The maximum Gasteiger partial charge on any atom is 0.191 e. The average Bonchev–Trinajstić information content (AvgIpc) is 3.08. The number of halogens is 1. The van der Waals surface area contributed by atoms with Gasteiger partial charge in [-0.05, 0) is 37.3 Å². The third kappa shape index (κ3) is 4.31. The van der Waals surface area contributed by atoms with E-state index in [9.17, 15) is 0 Å². The van der Waals surface area contributed by atoms with E-state index in [0.717, 1.165) is 40.3 Å². The van der Waals surface area contributed by atoms with Crippen molar-refractivity contribution in [1.82, 2.24) is 14.8 Å². The molecule has 3 aromatic rings. The maximum atomic E-state index is 5.96. The van der Waals surface area contributed by atoms with Gasteiger partial charge in [0.2, 0.25) is 0 Å². The van der Waals surface area contributed by atoms with Crippen molar-refractivity contribution in [3.8, 4) is 22.9 Å². The molecule has 0 unspecified atom stereocenters. The lowest BCUT2D eigenvalue weighted by molar-refractivity contribution is 0.344. The zero-order valence-corrected chi connectivity index (χ0v) is 16.3. The molecule has 136 valence electrons. The van der Waals surface area contributed by atoms with Crippen LogP contribution in [0.4, 0.5) is 0 Å². The summed E-state index contributed by atoms with van der Waals surface area (Å²) in [4.78, 5) is 0. The standard InChI is InChI=1S/C19H20ClN3O2S/c1-3-23-18(16-9-4-5-10-17(16)24-2)21-22-19(23)26-12-11-25-15-8-6-7-14(20)13-15/h4-10,13H,3,11-12H2,1-2H3. The summed E-state index contributed by atoms with van der Waals surface area (Å²) >= 11 is 7.58. The zero-order chi connectivity index (χ0) is 18.4. The van der Waals surface area contributed by atoms with E-state index < -0.39 is 0 Å². The summed E-state index contributed by atoms with van der Waals surface area (Å²) in [5, 5.41) is 10.2. The van der Waals surface area contributed by atoms with Crippen LogP contribution in [0.5, 0.6) is 11.5 Å². The minimum Gasteiger partial charge on any atom is -0.496 e. The van der Waals surface area contributed by atoms with E-state index in [1.165, 1.54) is 0 Å². The van der Waals surface area contributed by atoms with Gasteiger partial charge in [-0.1, -0.05) is 41.6 Å². The van der Waals surface area contributed by atoms with E-state index in [0.29, 0.717) is 11.6 Å². The van der Waals surface area contributed by atoms with Gasteiger partial charge >= 0.3 is 0 Å². The smallest absolute Gasteiger partial charge is 0.191 e. The third-order valence-electron chi connectivity index (χ3n) is 3.76. The fourth-order valence-corrected chi connectivity index (χ4v) is 3.56. The van der Waals surface area contributed by atoms with E-state index in [4.69, 9.17) is 21.1 Å². The number of nitrogens with zero attached hydrogens (tertiary/aromatic N) is 3. The lowest BCUT2D eigenvalue weighted by atomic mass is 10.2. The van der Waals surface area contributed by atoms with Crippen LogP contribution < -0.4 is 9.47 Å². The molecule has 26 heavy (non-hydrogen) atoms. The average molecular weight is 390 g/mol. The fraction of sp³-hybridized carbons (Fsp3) is 0.263. The van der Waals surface area contributed by atoms with Gasteiger partial charge in [-0.3, -0.25) is 0 Å². The predicted octanol–water partition coefficient (Wildman–Crippen LogP) is 4.80. The SMILES string of the molecule is CCn1c(SCCOc2cccc(Cl)c2)nnc1-c1ccccc1OC. The van der Waals surface area contributed by atoms with Crippen molar-refractivity contribution in [3.05, 3.63) is 53.6 Å². The van der Waals surface area contributed by atoms with Gasteiger partial charge in [0.25, 0.3) is 0 Å². The van der Waals surface area contributed by atoms with E-state index in [2.05, 4.69) is 21.7 Å². The maximum absolute atomic E-state index is 5.96. The Labute approximate surface area is 162 Å². The van der Waals surface area contributed by atoms with Gasteiger partial charge in [0, 0.05) is 17.3 Å². The van der Waals surface area contributed by atoms with Gasteiger partial charge in [0.15, 0.2) is 11.0 Å². The number of ether oxygens (including phenoxy) is 2. The molecule has 7 heteroatoms. The molecule has 0 saturated carbocycles.